The Kier molecular flexibility index (Phi) is 8.36. The number of halogens is 6. The van der Waals surface area contributed by atoms with Gasteiger partial charge < -0.3 is 19.9 Å². The summed E-state index contributed by atoms with van der Waals surface area (Å²) < 4.78 is 89.7. The highest BCUT2D eigenvalue weighted by Crippen LogP contribution is 2.48. The number of ether oxygens (including phenoxy) is 1. The van der Waals surface area contributed by atoms with E-state index in [4.69, 9.17) is 4.74 Å². The molecule has 1 aliphatic heterocycles. The van der Waals surface area contributed by atoms with Gasteiger partial charge in [0.15, 0.2) is 0 Å². The average Bonchev–Trinajstić information content (AvgIpc) is 3.39. The van der Waals surface area contributed by atoms with Gasteiger partial charge in [-0.05, 0) is 35.9 Å². The Bertz CT molecular complexity index is 1290. The van der Waals surface area contributed by atoms with Gasteiger partial charge >= 0.3 is 12.4 Å². The number of nitrogens with zero attached hydrogens (tertiary/aromatic N) is 2. The molecule has 0 radical (unpaired) electrons. The van der Waals surface area contributed by atoms with Crippen LogP contribution in [-0.4, -0.2) is 47.1 Å². The van der Waals surface area contributed by atoms with Crippen molar-refractivity contribution in [2.75, 3.05) is 31.6 Å². The molecule has 0 atom stereocenters. The zero-order valence-corrected chi connectivity index (χ0v) is 20.5. The Morgan fingerprint density at radius 1 is 1.08 bits per heavy atom. The summed E-state index contributed by atoms with van der Waals surface area (Å²) >= 11 is 0.568. The lowest BCUT2D eigenvalue weighted by molar-refractivity contribution is -0.163. The second kappa shape index (κ2) is 11.5. The molecule has 0 bridgehead atoms. The van der Waals surface area contributed by atoms with E-state index in [2.05, 4.69) is 15.3 Å². The molecule has 0 aliphatic carbocycles. The fraction of sp³-hybridized carbons (Fsp3) is 0.280. The van der Waals surface area contributed by atoms with E-state index in [9.17, 15) is 31.1 Å². The molecule has 1 aromatic heterocycles. The number of alkyl halides is 6. The van der Waals surface area contributed by atoms with Crippen molar-refractivity contribution in [2.45, 2.75) is 28.7 Å². The summed E-state index contributed by atoms with van der Waals surface area (Å²) in [6, 6.07) is 8.24. The molecule has 1 fully saturated rings. The molecule has 0 spiro atoms. The third-order valence-corrected chi connectivity index (χ3v) is 6.62. The van der Waals surface area contributed by atoms with Crippen molar-refractivity contribution >= 4 is 29.4 Å². The van der Waals surface area contributed by atoms with Gasteiger partial charge in [0.25, 0.3) is 0 Å². The highest BCUT2D eigenvalue weighted by molar-refractivity contribution is 7.99. The molecule has 0 unspecified atom stereocenters. The van der Waals surface area contributed by atoms with E-state index in [1.165, 1.54) is 17.0 Å². The smallest absolute Gasteiger partial charge is 0.378 e. The first-order valence-electron chi connectivity index (χ1n) is 11.4. The van der Waals surface area contributed by atoms with Gasteiger partial charge in [-0.25, -0.2) is 4.98 Å². The number of aromatic nitrogens is 2. The minimum Gasteiger partial charge on any atom is -0.378 e. The normalized spacial score (nSPS) is 14.7. The van der Waals surface area contributed by atoms with Crippen LogP contribution in [0.4, 0.5) is 32.0 Å². The minimum atomic E-state index is -5.32. The predicted molar refractivity (Wildman–Crippen MR) is 129 cm³/mol. The summed E-state index contributed by atoms with van der Waals surface area (Å²) in [5.41, 5.74) is -3.83. The third-order valence-electron chi connectivity index (χ3n) is 5.57. The molecule has 202 valence electrons. The highest BCUT2D eigenvalue weighted by Gasteiger charge is 2.46. The third kappa shape index (κ3) is 6.90. The van der Waals surface area contributed by atoms with Gasteiger partial charge in [0.05, 0.1) is 30.9 Å². The van der Waals surface area contributed by atoms with Crippen LogP contribution in [-0.2, 0) is 28.4 Å². The zero-order chi connectivity index (χ0) is 27.3. The average molecular weight is 557 g/mol. The second-order valence-corrected chi connectivity index (χ2v) is 9.30. The van der Waals surface area contributed by atoms with Gasteiger partial charge in [-0.15, -0.1) is 0 Å². The number of H-pyrrole nitrogens is 1. The summed E-state index contributed by atoms with van der Waals surface area (Å²) in [6.07, 6.45) is -5.79. The molecule has 13 heteroatoms. The lowest BCUT2D eigenvalue weighted by Gasteiger charge is -2.25. The number of hydrogen-bond acceptors (Lipinski definition) is 5. The van der Waals surface area contributed by atoms with Gasteiger partial charge in [-0.3, -0.25) is 4.79 Å². The van der Waals surface area contributed by atoms with E-state index >= 15 is 0 Å². The predicted octanol–water partition coefficient (Wildman–Crippen LogP) is 6.08. The fourth-order valence-corrected chi connectivity index (χ4v) is 4.88. The molecular formula is C25H22F6N4O2S. The summed E-state index contributed by atoms with van der Waals surface area (Å²) in [6.45, 7) is 1.35. The van der Waals surface area contributed by atoms with Gasteiger partial charge in [0.2, 0.25) is 5.91 Å². The SMILES string of the molecule is O=C(C=Cc1ccc(Sc2cccc(NCc3ncc[nH]3)c2)c(C(F)(F)F)c1C(F)(F)F)N1CCOCC1. The highest BCUT2D eigenvalue weighted by atomic mass is 32.2. The van der Waals surface area contributed by atoms with Gasteiger partial charge in [0.1, 0.15) is 5.82 Å². The fourth-order valence-electron chi connectivity index (χ4n) is 3.84. The Morgan fingerprint density at radius 2 is 1.82 bits per heavy atom. The Morgan fingerprint density at radius 3 is 2.47 bits per heavy atom. The van der Waals surface area contributed by atoms with E-state index < -0.39 is 39.8 Å². The molecule has 0 saturated carbocycles. The van der Waals surface area contributed by atoms with Crippen LogP contribution in [0.15, 0.2) is 64.7 Å². The molecule has 4 rings (SSSR count). The number of anilines is 1. The number of aromatic amines is 1. The summed E-state index contributed by atoms with van der Waals surface area (Å²) in [5.74, 6) is 0.0280. The number of nitrogens with one attached hydrogen (secondary N) is 2. The van der Waals surface area contributed by atoms with Crippen molar-refractivity contribution in [3.63, 3.8) is 0 Å². The van der Waals surface area contributed by atoms with Crippen molar-refractivity contribution < 1.29 is 35.9 Å². The standard InChI is InChI=1S/C25H22F6N4O2S/c26-24(27,28)22-16(5-7-21(36)35-10-12-37-13-11-35)4-6-19(23(22)25(29,30)31)38-18-3-1-2-17(14-18)34-15-20-32-8-9-33-20/h1-9,14,34H,10-13,15H2,(H,32,33). The van der Waals surface area contributed by atoms with E-state index in [-0.39, 0.29) is 26.3 Å². The van der Waals surface area contributed by atoms with Crippen LogP contribution in [0.25, 0.3) is 6.08 Å². The van der Waals surface area contributed by atoms with Crippen LogP contribution in [0.1, 0.15) is 22.5 Å². The summed E-state index contributed by atoms with van der Waals surface area (Å²) in [5, 5.41) is 3.05. The molecule has 1 saturated heterocycles. The van der Waals surface area contributed by atoms with Crippen molar-refractivity contribution in [3.05, 3.63) is 77.4 Å². The Balaban J connectivity index is 1.66. The molecular weight excluding hydrogens is 534 g/mol. The molecule has 2 heterocycles. The monoisotopic (exact) mass is 556 g/mol. The van der Waals surface area contributed by atoms with Gasteiger partial charge in [-0.2, -0.15) is 26.3 Å². The van der Waals surface area contributed by atoms with Crippen LogP contribution in [0.2, 0.25) is 0 Å². The molecule has 1 amide bonds. The molecule has 38 heavy (non-hydrogen) atoms. The van der Waals surface area contributed by atoms with Crippen LogP contribution in [0.5, 0.6) is 0 Å². The number of rotatable bonds is 7. The van der Waals surface area contributed by atoms with Crippen molar-refractivity contribution in [1.29, 1.82) is 0 Å². The number of morpholine rings is 1. The number of imidazole rings is 1. The summed E-state index contributed by atoms with van der Waals surface area (Å²) in [7, 11) is 0. The largest absolute Gasteiger partial charge is 0.418 e. The lowest BCUT2D eigenvalue weighted by atomic mass is 9.99. The van der Waals surface area contributed by atoms with E-state index in [1.54, 1.807) is 24.5 Å². The van der Waals surface area contributed by atoms with Crippen LogP contribution in [0.3, 0.4) is 0 Å². The Hall–Kier alpha value is -3.45. The maximum atomic E-state index is 14.1. The Labute approximate surface area is 218 Å². The molecule has 2 aromatic carbocycles. The first kappa shape index (κ1) is 27.6. The maximum Gasteiger partial charge on any atom is 0.418 e. The number of hydrogen-bond donors (Lipinski definition) is 2. The van der Waals surface area contributed by atoms with Gasteiger partial charge in [-0.1, -0.05) is 23.9 Å². The summed E-state index contributed by atoms with van der Waals surface area (Å²) in [4.78, 5) is 20.4. The van der Waals surface area contributed by atoms with Crippen molar-refractivity contribution in [1.82, 2.24) is 14.9 Å². The van der Waals surface area contributed by atoms with Crippen LogP contribution in [0, 0.1) is 0 Å². The van der Waals surface area contributed by atoms with Crippen molar-refractivity contribution in [2.24, 2.45) is 0 Å². The van der Waals surface area contributed by atoms with E-state index in [1.807, 2.05) is 0 Å². The molecule has 1 aliphatic rings. The molecule has 6 nitrogen and oxygen atoms in total. The lowest BCUT2D eigenvalue weighted by Crippen LogP contribution is -2.39. The van der Waals surface area contributed by atoms with Crippen molar-refractivity contribution in [3.8, 4) is 0 Å². The second-order valence-electron chi connectivity index (χ2n) is 8.19. The topological polar surface area (TPSA) is 70.2 Å². The number of carbonyl (C=O) groups excluding carboxylic acids is 1. The van der Waals surface area contributed by atoms with Crippen LogP contribution >= 0.6 is 11.8 Å². The van der Waals surface area contributed by atoms with Crippen LogP contribution < -0.4 is 5.32 Å². The van der Waals surface area contributed by atoms with E-state index in [0.717, 1.165) is 24.3 Å². The quantitative estimate of drug-likeness (QED) is 0.273. The minimum absolute atomic E-state index is 0.244. The van der Waals surface area contributed by atoms with E-state index in [0.29, 0.717) is 34.7 Å². The zero-order valence-electron chi connectivity index (χ0n) is 19.7. The molecule has 2 N–H and O–H groups in total. The van der Waals surface area contributed by atoms with Gasteiger partial charge in [0, 0.05) is 47.0 Å². The molecule has 3 aromatic rings. The number of benzene rings is 2. The number of amides is 1. The first-order chi connectivity index (χ1) is 18.0. The number of carbonyl (C=O) groups is 1. The maximum absolute atomic E-state index is 14.1. The first-order valence-corrected chi connectivity index (χ1v) is 12.2.